The fourth-order valence-electron chi connectivity index (χ4n) is 1.91. The Bertz CT molecular complexity index is 318. The third-order valence-electron chi connectivity index (χ3n) is 3.17. The molecule has 0 spiro atoms. The molecule has 0 bridgehead atoms. The van der Waals surface area contributed by atoms with Gasteiger partial charge in [0.15, 0.2) is 0 Å². The zero-order chi connectivity index (χ0) is 10.2. The lowest BCUT2D eigenvalue weighted by Gasteiger charge is -2.27. The Kier molecular flexibility index (Phi) is 2.36. The van der Waals surface area contributed by atoms with Crippen molar-refractivity contribution in [1.29, 1.82) is 0 Å². The highest BCUT2D eigenvalue weighted by molar-refractivity contribution is 5.30. The van der Waals surface area contributed by atoms with E-state index in [1.807, 2.05) is 19.9 Å². The van der Waals surface area contributed by atoms with Gasteiger partial charge in [0.25, 0.3) is 0 Å². The van der Waals surface area contributed by atoms with E-state index in [1.54, 1.807) is 0 Å². The van der Waals surface area contributed by atoms with Crippen molar-refractivity contribution in [2.75, 3.05) is 0 Å². The molecule has 0 atom stereocenters. The summed E-state index contributed by atoms with van der Waals surface area (Å²) in [5, 5.41) is 9.89. The Balaban J connectivity index is 2.26. The van der Waals surface area contributed by atoms with Crippen LogP contribution in [0, 0.1) is 0 Å². The summed E-state index contributed by atoms with van der Waals surface area (Å²) in [4.78, 5) is 0. The molecule has 0 heterocycles. The highest BCUT2D eigenvalue weighted by Gasteiger charge is 2.22. The molecule has 1 fully saturated rings. The van der Waals surface area contributed by atoms with Crippen LogP contribution in [0.4, 0.5) is 0 Å². The molecule has 14 heavy (non-hydrogen) atoms. The van der Waals surface area contributed by atoms with Crippen LogP contribution in [0.2, 0.25) is 0 Å². The van der Waals surface area contributed by atoms with Gasteiger partial charge in [-0.1, -0.05) is 30.7 Å². The van der Waals surface area contributed by atoms with E-state index in [0.717, 1.165) is 11.5 Å². The highest BCUT2D eigenvalue weighted by atomic mass is 16.3. The van der Waals surface area contributed by atoms with E-state index in [-0.39, 0.29) is 0 Å². The molecule has 2 rings (SSSR count). The number of rotatable bonds is 2. The number of hydrogen-bond donors (Lipinski definition) is 1. The predicted molar refractivity (Wildman–Crippen MR) is 58.3 cm³/mol. The van der Waals surface area contributed by atoms with E-state index < -0.39 is 5.60 Å². The van der Waals surface area contributed by atoms with Crippen LogP contribution in [-0.2, 0) is 5.60 Å². The summed E-state index contributed by atoms with van der Waals surface area (Å²) >= 11 is 0. The van der Waals surface area contributed by atoms with Crippen LogP contribution in [0.3, 0.4) is 0 Å². The Hall–Kier alpha value is -0.820. The molecule has 1 aromatic carbocycles. The Morgan fingerprint density at radius 2 is 2.00 bits per heavy atom. The van der Waals surface area contributed by atoms with Crippen molar-refractivity contribution in [3.63, 3.8) is 0 Å². The van der Waals surface area contributed by atoms with Crippen LogP contribution in [0.25, 0.3) is 0 Å². The molecule has 1 aliphatic carbocycles. The molecule has 1 N–H and O–H groups in total. The summed E-state index contributed by atoms with van der Waals surface area (Å²) in [6.07, 6.45) is 3.99. The quantitative estimate of drug-likeness (QED) is 0.759. The second-order valence-corrected chi connectivity index (χ2v) is 4.81. The van der Waals surface area contributed by atoms with Crippen molar-refractivity contribution in [3.05, 3.63) is 35.4 Å². The summed E-state index contributed by atoms with van der Waals surface area (Å²) in [6, 6.07) is 8.39. The minimum atomic E-state index is -0.709. The lowest BCUT2D eigenvalue weighted by Crippen LogP contribution is -2.17. The van der Waals surface area contributed by atoms with Gasteiger partial charge in [0.05, 0.1) is 5.60 Å². The summed E-state index contributed by atoms with van der Waals surface area (Å²) in [5.74, 6) is 0.747. The van der Waals surface area contributed by atoms with Gasteiger partial charge in [-0.15, -0.1) is 0 Å². The van der Waals surface area contributed by atoms with Crippen LogP contribution in [-0.4, -0.2) is 5.11 Å². The second-order valence-electron chi connectivity index (χ2n) is 4.81. The van der Waals surface area contributed by atoms with Gasteiger partial charge < -0.3 is 5.11 Å². The van der Waals surface area contributed by atoms with Crippen molar-refractivity contribution in [2.45, 2.75) is 44.6 Å². The first kappa shape index (κ1) is 9.72. The summed E-state index contributed by atoms with van der Waals surface area (Å²) in [7, 11) is 0. The van der Waals surface area contributed by atoms with Crippen molar-refractivity contribution in [2.24, 2.45) is 0 Å². The molecule has 0 saturated heterocycles. The first-order chi connectivity index (χ1) is 6.57. The smallest absolute Gasteiger partial charge is 0.0840 e. The van der Waals surface area contributed by atoms with E-state index in [4.69, 9.17) is 0 Å². The van der Waals surface area contributed by atoms with E-state index in [0.29, 0.717) is 0 Å². The topological polar surface area (TPSA) is 20.2 Å². The molecule has 0 aliphatic heterocycles. The largest absolute Gasteiger partial charge is 0.386 e. The maximum Gasteiger partial charge on any atom is 0.0840 e. The van der Waals surface area contributed by atoms with Gasteiger partial charge in [0, 0.05) is 0 Å². The predicted octanol–water partition coefficient (Wildman–Crippen LogP) is 3.18. The Labute approximate surface area is 85.8 Å². The van der Waals surface area contributed by atoms with Gasteiger partial charge in [0.2, 0.25) is 0 Å². The Morgan fingerprint density at radius 3 is 2.50 bits per heavy atom. The van der Waals surface area contributed by atoms with E-state index in [2.05, 4.69) is 18.2 Å². The fourth-order valence-corrected chi connectivity index (χ4v) is 1.91. The van der Waals surface area contributed by atoms with Gasteiger partial charge in [-0.3, -0.25) is 0 Å². The van der Waals surface area contributed by atoms with Crippen LogP contribution < -0.4 is 0 Å². The zero-order valence-electron chi connectivity index (χ0n) is 8.96. The van der Waals surface area contributed by atoms with Crippen LogP contribution in [0.15, 0.2) is 24.3 Å². The van der Waals surface area contributed by atoms with Crippen molar-refractivity contribution in [1.82, 2.24) is 0 Å². The zero-order valence-corrected chi connectivity index (χ0v) is 8.96. The first-order valence-electron chi connectivity index (χ1n) is 5.40. The first-order valence-corrected chi connectivity index (χ1v) is 5.40. The van der Waals surface area contributed by atoms with Crippen LogP contribution in [0.5, 0.6) is 0 Å². The van der Waals surface area contributed by atoms with Gasteiger partial charge in [-0.05, 0) is 43.7 Å². The van der Waals surface area contributed by atoms with E-state index in [1.165, 1.54) is 24.8 Å². The van der Waals surface area contributed by atoms with Gasteiger partial charge in [-0.2, -0.15) is 0 Å². The molecule has 1 saturated carbocycles. The molecule has 1 aromatic rings. The number of hydrogen-bond acceptors (Lipinski definition) is 1. The summed E-state index contributed by atoms with van der Waals surface area (Å²) in [5.41, 5.74) is 1.72. The SMILES string of the molecule is CC(C)(O)c1cccc(C2CCC2)c1. The number of aliphatic hydroxyl groups is 1. The third kappa shape index (κ3) is 1.83. The molecule has 0 amide bonds. The molecule has 0 aromatic heterocycles. The Morgan fingerprint density at radius 1 is 1.29 bits per heavy atom. The summed E-state index contributed by atoms with van der Waals surface area (Å²) < 4.78 is 0. The van der Waals surface area contributed by atoms with E-state index >= 15 is 0 Å². The third-order valence-corrected chi connectivity index (χ3v) is 3.17. The minimum Gasteiger partial charge on any atom is -0.386 e. The van der Waals surface area contributed by atoms with Crippen molar-refractivity contribution in [3.8, 4) is 0 Å². The normalized spacial score (nSPS) is 17.9. The monoisotopic (exact) mass is 190 g/mol. The van der Waals surface area contributed by atoms with Crippen LogP contribution in [0.1, 0.15) is 50.2 Å². The fraction of sp³-hybridized carbons (Fsp3) is 0.538. The molecule has 76 valence electrons. The van der Waals surface area contributed by atoms with Crippen molar-refractivity contribution >= 4 is 0 Å². The van der Waals surface area contributed by atoms with E-state index in [9.17, 15) is 5.11 Å². The summed E-state index contributed by atoms with van der Waals surface area (Å²) in [6.45, 7) is 3.68. The van der Waals surface area contributed by atoms with Crippen molar-refractivity contribution < 1.29 is 5.11 Å². The van der Waals surface area contributed by atoms with Gasteiger partial charge in [-0.25, -0.2) is 0 Å². The lowest BCUT2D eigenvalue weighted by molar-refractivity contribution is 0.0784. The molecular weight excluding hydrogens is 172 g/mol. The van der Waals surface area contributed by atoms with Crippen LogP contribution >= 0.6 is 0 Å². The average molecular weight is 190 g/mol. The second kappa shape index (κ2) is 3.39. The van der Waals surface area contributed by atoms with Gasteiger partial charge in [0.1, 0.15) is 0 Å². The minimum absolute atomic E-state index is 0.709. The average Bonchev–Trinajstić information content (AvgIpc) is 2.00. The maximum absolute atomic E-state index is 9.89. The maximum atomic E-state index is 9.89. The molecule has 1 aliphatic rings. The lowest BCUT2D eigenvalue weighted by atomic mass is 9.79. The van der Waals surface area contributed by atoms with Gasteiger partial charge >= 0.3 is 0 Å². The highest BCUT2D eigenvalue weighted by Crippen LogP contribution is 2.37. The molecule has 1 nitrogen and oxygen atoms in total. The molecular formula is C13H18O. The molecule has 0 unspecified atom stereocenters. The molecule has 1 heteroatoms. The standard InChI is InChI=1S/C13H18O/c1-13(2,14)12-8-4-7-11(9-12)10-5-3-6-10/h4,7-10,14H,3,5-6H2,1-2H3. The number of benzene rings is 1. The molecule has 0 radical (unpaired) electrons.